The smallest absolute Gasteiger partial charge is 0.236 e. The molecule has 1 fully saturated rings. The molecule has 34 heavy (non-hydrogen) atoms. The van der Waals surface area contributed by atoms with Crippen LogP contribution in [0.5, 0.6) is 0 Å². The first-order valence-electron chi connectivity index (χ1n) is 11.0. The number of hydrogen-bond donors (Lipinski definition) is 1. The third-order valence-electron chi connectivity index (χ3n) is 5.96. The molecule has 0 aliphatic carbocycles. The molecule has 0 unspecified atom stereocenters. The second-order valence-electron chi connectivity index (χ2n) is 8.22. The third-order valence-corrected chi connectivity index (χ3v) is 8.29. The number of hydrogen-bond acceptors (Lipinski definition) is 5. The summed E-state index contributed by atoms with van der Waals surface area (Å²) in [6, 6.07) is 16.9. The third kappa shape index (κ3) is 4.96. The number of amides is 1. The average molecular weight is 493 g/mol. The minimum Gasteiger partial charge on any atom is -0.326 e. The van der Waals surface area contributed by atoms with E-state index in [4.69, 9.17) is 0 Å². The number of imidazole rings is 1. The van der Waals surface area contributed by atoms with Crippen molar-refractivity contribution >= 4 is 44.0 Å². The SMILES string of the molecule is O=C(Nc1ccc(-c2cn3ccsc3n2)cc1)C1CCN(S(=O)(=O)C=Cc2ccccc2)CC1. The number of benzene rings is 2. The highest BCUT2D eigenvalue weighted by molar-refractivity contribution is 7.92. The Bertz CT molecular complexity index is 1390. The molecular formula is C25H24N4O3S2. The summed E-state index contributed by atoms with van der Waals surface area (Å²) in [6.45, 7) is 0.659. The highest BCUT2D eigenvalue weighted by atomic mass is 32.2. The highest BCUT2D eigenvalue weighted by Gasteiger charge is 2.30. The molecule has 0 bridgehead atoms. The maximum Gasteiger partial charge on any atom is 0.236 e. The van der Waals surface area contributed by atoms with Crippen LogP contribution in [0.25, 0.3) is 22.3 Å². The van der Waals surface area contributed by atoms with Crippen molar-refractivity contribution in [1.29, 1.82) is 0 Å². The normalized spacial score (nSPS) is 15.8. The van der Waals surface area contributed by atoms with Gasteiger partial charge in [-0.2, -0.15) is 4.31 Å². The van der Waals surface area contributed by atoms with Gasteiger partial charge in [0.2, 0.25) is 15.9 Å². The quantitative estimate of drug-likeness (QED) is 0.422. The number of aromatic nitrogens is 2. The number of anilines is 1. The summed E-state index contributed by atoms with van der Waals surface area (Å²) < 4.78 is 28.7. The predicted octanol–water partition coefficient (Wildman–Crippen LogP) is 4.71. The van der Waals surface area contributed by atoms with Crippen LogP contribution in [0, 0.1) is 5.92 Å². The second-order valence-corrected chi connectivity index (χ2v) is 10.9. The van der Waals surface area contributed by atoms with Crippen molar-refractivity contribution in [1.82, 2.24) is 13.7 Å². The predicted molar refractivity (Wildman–Crippen MR) is 136 cm³/mol. The lowest BCUT2D eigenvalue weighted by Crippen LogP contribution is -2.40. The van der Waals surface area contributed by atoms with Crippen molar-refractivity contribution in [2.45, 2.75) is 12.8 Å². The van der Waals surface area contributed by atoms with Gasteiger partial charge in [-0.05, 0) is 36.6 Å². The first-order valence-corrected chi connectivity index (χ1v) is 13.4. The Kier molecular flexibility index (Phi) is 6.32. The number of nitrogens with zero attached hydrogens (tertiary/aromatic N) is 3. The summed E-state index contributed by atoms with van der Waals surface area (Å²) in [5, 5.41) is 6.20. The van der Waals surface area contributed by atoms with E-state index >= 15 is 0 Å². The van der Waals surface area contributed by atoms with Crippen LogP contribution in [0.2, 0.25) is 0 Å². The van der Waals surface area contributed by atoms with E-state index in [1.807, 2.05) is 76.8 Å². The zero-order valence-corrected chi connectivity index (χ0v) is 20.0. The largest absolute Gasteiger partial charge is 0.326 e. The standard InChI is InChI=1S/C25H24N4O3S2/c30-24(26-22-8-6-20(7-9-22)23-18-28-15-16-33-25(28)27-23)21-10-13-29(14-11-21)34(31,32)17-12-19-4-2-1-3-5-19/h1-9,12,15-18,21H,10-11,13-14H2,(H,26,30). The molecule has 2 aromatic carbocycles. The van der Waals surface area contributed by atoms with E-state index in [1.165, 1.54) is 9.71 Å². The fourth-order valence-corrected chi connectivity index (χ4v) is 5.94. The van der Waals surface area contributed by atoms with Crippen molar-refractivity contribution in [3.8, 4) is 11.3 Å². The molecule has 1 aliphatic rings. The van der Waals surface area contributed by atoms with Crippen LogP contribution in [0.15, 0.2) is 77.8 Å². The Morgan fingerprint density at radius 2 is 1.79 bits per heavy atom. The molecule has 0 spiro atoms. The van der Waals surface area contributed by atoms with E-state index in [0.717, 1.165) is 27.5 Å². The molecule has 1 aliphatic heterocycles. The molecule has 5 rings (SSSR count). The van der Waals surface area contributed by atoms with Crippen LogP contribution >= 0.6 is 11.3 Å². The van der Waals surface area contributed by atoms with Crippen LogP contribution in [-0.2, 0) is 14.8 Å². The molecule has 9 heteroatoms. The maximum atomic E-state index is 12.8. The summed E-state index contributed by atoms with van der Waals surface area (Å²) in [4.78, 5) is 18.3. The van der Waals surface area contributed by atoms with E-state index < -0.39 is 10.0 Å². The van der Waals surface area contributed by atoms with E-state index in [1.54, 1.807) is 17.4 Å². The lowest BCUT2D eigenvalue weighted by Gasteiger charge is -2.29. The van der Waals surface area contributed by atoms with Gasteiger partial charge in [-0.25, -0.2) is 13.4 Å². The molecule has 1 N–H and O–H groups in total. The number of carbonyl (C=O) groups excluding carboxylic acids is 1. The van der Waals surface area contributed by atoms with Gasteiger partial charge in [-0.3, -0.25) is 9.20 Å². The van der Waals surface area contributed by atoms with Gasteiger partial charge in [0.05, 0.1) is 5.69 Å². The van der Waals surface area contributed by atoms with Crippen molar-refractivity contribution in [2.24, 2.45) is 5.92 Å². The van der Waals surface area contributed by atoms with Crippen LogP contribution < -0.4 is 5.32 Å². The van der Waals surface area contributed by atoms with E-state index in [-0.39, 0.29) is 11.8 Å². The van der Waals surface area contributed by atoms with Gasteiger partial charge in [0, 0.05) is 53.4 Å². The Hall–Kier alpha value is -3.27. The first-order chi connectivity index (χ1) is 16.5. The Balaban J connectivity index is 1.16. The number of carbonyl (C=O) groups is 1. The van der Waals surface area contributed by atoms with Crippen LogP contribution in [0.1, 0.15) is 18.4 Å². The molecular weight excluding hydrogens is 468 g/mol. The summed E-state index contributed by atoms with van der Waals surface area (Å²) >= 11 is 1.58. The van der Waals surface area contributed by atoms with Crippen molar-refractivity contribution in [3.05, 3.63) is 83.3 Å². The van der Waals surface area contributed by atoms with Crippen molar-refractivity contribution < 1.29 is 13.2 Å². The van der Waals surface area contributed by atoms with Gasteiger partial charge in [0.25, 0.3) is 0 Å². The van der Waals surface area contributed by atoms with Crippen molar-refractivity contribution in [3.63, 3.8) is 0 Å². The minimum atomic E-state index is -3.51. The summed E-state index contributed by atoms with van der Waals surface area (Å²) in [5.41, 5.74) is 3.42. The molecule has 0 atom stereocenters. The lowest BCUT2D eigenvalue weighted by atomic mass is 9.97. The number of fused-ring (bicyclic) bond motifs is 1. The minimum absolute atomic E-state index is 0.0767. The van der Waals surface area contributed by atoms with Gasteiger partial charge >= 0.3 is 0 Å². The van der Waals surface area contributed by atoms with Crippen LogP contribution in [0.4, 0.5) is 5.69 Å². The fraction of sp³-hybridized carbons (Fsp3) is 0.200. The molecule has 0 saturated carbocycles. The fourth-order valence-electron chi connectivity index (χ4n) is 4.02. The van der Waals surface area contributed by atoms with Crippen LogP contribution in [0.3, 0.4) is 0 Å². The molecule has 3 heterocycles. The number of thiazole rings is 1. The number of rotatable bonds is 6. The van der Waals surface area contributed by atoms with E-state index in [2.05, 4.69) is 10.3 Å². The highest BCUT2D eigenvalue weighted by Crippen LogP contribution is 2.25. The molecule has 174 valence electrons. The van der Waals surface area contributed by atoms with Gasteiger partial charge in [0.1, 0.15) is 0 Å². The molecule has 7 nitrogen and oxygen atoms in total. The number of nitrogens with one attached hydrogen (secondary N) is 1. The molecule has 1 saturated heterocycles. The van der Waals surface area contributed by atoms with Gasteiger partial charge < -0.3 is 5.32 Å². The first kappa shape index (κ1) is 22.5. The topological polar surface area (TPSA) is 83.8 Å². The van der Waals surface area contributed by atoms with Gasteiger partial charge in [-0.15, -0.1) is 11.3 Å². The van der Waals surface area contributed by atoms with Crippen LogP contribution in [-0.4, -0.2) is 41.1 Å². The van der Waals surface area contributed by atoms with Gasteiger partial charge in [0.15, 0.2) is 4.96 Å². The molecule has 0 radical (unpaired) electrons. The average Bonchev–Trinajstić information content (AvgIpc) is 3.47. The Morgan fingerprint density at radius 1 is 1.06 bits per heavy atom. The second kappa shape index (κ2) is 9.54. The molecule has 1 amide bonds. The zero-order valence-electron chi connectivity index (χ0n) is 18.4. The monoisotopic (exact) mass is 492 g/mol. The summed E-state index contributed by atoms with van der Waals surface area (Å²) in [6.07, 6.45) is 6.55. The summed E-state index contributed by atoms with van der Waals surface area (Å²) in [7, 11) is -3.51. The van der Waals surface area contributed by atoms with Gasteiger partial charge in [-0.1, -0.05) is 42.5 Å². The number of sulfonamides is 1. The maximum absolute atomic E-state index is 12.8. The Labute approximate surface area is 202 Å². The van der Waals surface area contributed by atoms with Crippen molar-refractivity contribution in [2.75, 3.05) is 18.4 Å². The Morgan fingerprint density at radius 3 is 2.50 bits per heavy atom. The lowest BCUT2D eigenvalue weighted by molar-refractivity contribution is -0.120. The zero-order chi connectivity index (χ0) is 23.5. The van der Waals surface area contributed by atoms with E-state index in [9.17, 15) is 13.2 Å². The molecule has 2 aromatic heterocycles. The van der Waals surface area contributed by atoms with E-state index in [0.29, 0.717) is 25.9 Å². The summed E-state index contributed by atoms with van der Waals surface area (Å²) in [5.74, 6) is -0.295. The number of piperidine rings is 1. The molecule has 4 aromatic rings.